The van der Waals surface area contributed by atoms with Crippen molar-refractivity contribution in [3.63, 3.8) is 0 Å². The number of halogens is 1. The van der Waals surface area contributed by atoms with Gasteiger partial charge in [-0.15, -0.1) is 0 Å². The van der Waals surface area contributed by atoms with Crippen molar-refractivity contribution in [3.05, 3.63) is 82.9 Å². The zero-order valence-electron chi connectivity index (χ0n) is 16.4. The monoisotopic (exact) mass is 378 g/mol. The molecule has 5 nitrogen and oxygen atoms in total. The highest BCUT2D eigenvalue weighted by Gasteiger charge is 2.11. The Morgan fingerprint density at radius 1 is 1.11 bits per heavy atom. The van der Waals surface area contributed by atoms with Gasteiger partial charge >= 0.3 is 0 Å². The third kappa shape index (κ3) is 3.96. The van der Waals surface area contributed by atoms with Gasteiger partial charge in [0.2, 0.25) is 0 Å². The molecule has 0 saturated heterocycles. The van der Waals surface area contributed by atoms with Gasteiger partial charge in [-0.3, -0.25) is 4.79 Å². The molecule has 1 heterocycles. The van der Waals surface area contributed by atoms with Crippen molar-refractivity contribution >= 4 is 17.8 Å². The number of nitrogens with one attached hydrogen (secondary N) is 1. The second-order valence-corrected chi connectivity index (χ2v) is 6.75. The average Bonchev–Trinajstić information content (AvgIpc) is 2.95. The molecule has 1 N–H and O–H groups in total. The first kappa shape index (κ1) is 19.4. The van der Waals surface area contributed by atoms with Crippen LogP contribution in [0, 0.1) is 19.7 Å². The van der Waals surface area contributed by atoms with Gasteiger partial charge in [0.05, 0.1) is 11.8 Å². The van der Waals surface area contributed by atoms with E-state index in [1.807, 2.05) is 34.0 Å². The fraction of sp³-hybridized carbons (Fsp3) is 0.182. The molecule has 0 spiro atoms. The summed E-state index contributed by atoms with van der Waals surface area (Å²) < 4.78 is 15.8. The summed E-state index contributed by atoms with van der Waals surface area (Å²) in [7, 11) is 4.01. The molecule has 1 amide bonds. The number of aryl methyl sites for hydroxylation is 1. The minimum Gasteiger partial charge on any atom is -0.378 e. The number of benzene rings is 2. The Morgan fingerprint density at radius 2 is 1.79 bits per heavy atom. The van der Waals surface area contributed by atoms with Crippen LogP contribution in [0.25, 0.3) is 5.69 Å². The van der Waals surface area contributed by atoms with Gasteiger partial charge in [-0.2, -0.15) is 5.10 Å². The van der Waals surface area contributed by atoms with Gasteiger partial charge in [0, 0.05) is 42.4 Å². The van der Waals surface area contributed by atoms with E-state index in [0.717, 1.165) is 28.3 Å². The van der Waals surface area contributed by atoms with E-state index in [9.17, 15) is 9.18 Å². The van der Waals surface area contributed by atoms with Crippen LogP contribution in [0.3, 0.4) is 0 Å². The van der Waals surface area contributed by atoms with Gasteiger partial charge in [-0.05, 0) is 56.3 Å². The summed E-state index contributed by atoms with van der Waals surface area (Å²) >= 11 is 0. The summed E-state index contributed by atoms with van der Waals surface area (Å²) in [5.74, 6) is -1.16. The number of hydrogen-bond donors (Lipinski definition) is 1. The summed E-state index contributed by atoms with van der Waals surface area (Å²) in [6.07, 6.45) is 1.58. The van der Waals surface area contributed by atoms with Gasteiger partial charge in [0.25, 0.3) is 5.91 Å². The lowest BCUT2D eigenvalue weighted by atomic mass is 10.2. The van der Waals surface area contributed by atoms with Gasteiger partial charge in [0.15, 0.2) is 0 Å². The first-order chi connectivity index (χ1) is 13.4. The lowest BCUT2D eigenvalue weighted by Gasteiger charge is -2.14. The van der Waals surface area contributed by atoms with Crippen LogP contribution in [-0.4, -0.2) is 30.8 Å². The molecule has 0 fully saturated rings. The Labute approximate surface area is 164 Å². The quantitative estimate of drug-likeness (QED) is 0.538. The second-order valence-electron chi connectivity index (χ2n) is 6.75. The van der Waals surface area contributed by atoms with E-state index in [4.69, 9.17) is 0 Å². The molecule has 3 rings (SSSR count). The molecule has 0 aliphatic rings. The normalized spacial score (nSPS) is 11.0. The summed E-state index contributed by atoms with van der Waals surface area (Å²) in [4.78, 5) is 14.1. The molecular weight excluding hydrogens is 355 g/mol. The Morgan fingerprint density at radius 3 is 2.43 bits per heavy atom. The highest BCUT2D eigenvalue weighted by atomic mass is 19.1. The van der Waals surface area contributed by atoms with Gasteiger partial charge in [0.1, 0.15) is 5.82 Å². The van der Waals surface area contributed by atoms with Crippen LogP contribution in [0.4, 0.5) is 10.1 Å². The van der Waals surface area contributed by atoms with Crippen molar-refractivity contribution in [1.29, 1.82) is 0 Å². The SMILES string of the molecule is Cc1cc(/C=N\NC(=O)c2ccccc2F)c(C)n1-c1ccc(N(C)C)cc1. The Kier molecular flexibility index (Phi) is 5.59. The number of amides is 1. The number of hydrogen-bond acceptors (Lipinski definition) is 3. The third-order valence-corrected chi connectivity index (χ3v) is 4.58. The third-order valence-electron chi connectivity index (χ3n) is 4.58. The number of rotatable bonds is 5. The molecule has 28 heavy (non-hydrogen) atoms. The number of carbonyl (C=O) groups excluding carboxylic acids is 1. The number of hydrazone groups is 1. The molecule has 3 aromatic rings. The van der Waals surface area contributed by atoms with E-state index >= 15 is 0 Å². The predicted octanol–water partition coefficient (Wildman–Crippen LogP) is 4.06. The standard InChI is InChI=1S/C22H23FN4O/c1-15-13-17(14-24-25-22(28)20-7-5-6-8-21(20)23)16(2)27(15)19-11-9-18(10-12-19)26(3)4/h5-14H,1-4H3,(H,25,28)/b24-14-. The molecule has 0 aliphatic heterocycles. The van der Waals surface area contributed by atoms with Crippen LogP contribution in [0.5, 0.6) is 0 Å². The summed E-state index contributed by atoms with van der Waals surface area (Å²) in [6, 6.07) is 16.1. The Hall–Kier alpha value is -3.41. The van der Waals surface area contributed by atoms with Crippen molar-refractivity contribution in [2.24, 2.45) is 5.10 Å². The first-order valence-corrected chi connectivity index (χ1v) is 8.93. The second kappa shape index (κ2) is 8.08. The zero-order chi connectivity index (χ0) is 20.3. The van der Waals surface area contributed by atoms with E-state index in [1.165, 1.54) is 18.2 Å². The maximum atomic E-state index is 13.7. The van der Waals surface area contributed by atoms with E-state index < -0.39 is 11.7 Å². The van der Waals surface area contributed by atoms with Crippen LogP contribution in [0.1, 0.15) is 27.3 Å². The molecule has 0 radical (unpaired) electrons. The summed E-state index contributed by atoms with van der Waals surface area (Å²) in [6.45, 7) is 4.01. The van der Waals surface area contributed by atoms with Gasteiger partial charge in [-0.1, -0.05) is 12.1 Å². The van der Waals surface area contributed by atoms with E-state index in [1.54, 1.807) is 12.3 Å². The molecule has 0 unspecified atom stereocenters. The van der Waals surface area contributed by atoms with Crippen molar-refractivity contribution < 1.29 is 9.18 Å². The maximum Gasteiger partial charge on any atom is 0.274 e. The largest absolute Gasteiger partial charge is 0.378 e. The molecule has 2 aromatic carbocycles. The molecule has 0 aliphatic carbocycles. The number of anilines is 1. The molecule has 0 saturated carbocycles. The van der Waals surface area contributed by atoms with Crippen LogP contribution in [0.15, 0.2) is 59.7 Å². The van der Waals surface area contributed by atoms with Gasteiger partial charge in [-0.25, -0.2) is 9.82 Å². The number of nitrogens with zero attached hydrogens (tertiary/aromatic N) is 3. The summed E-state index contributed by atoms with van der Waals surface area (Å²) in [5, 5.41) is 3.99. The van der Waals surface area contributed by atoms with Crippen LogP contribution in [0.2, 0.25) is 0 Å². The van der Waals surface area contributed by atoms with Gasteiger partial charge < -0.3 is 9.47 Å². The molecule has 0 bridgehead atoms. The fourth-order valence-corrected chi connectivity index (χ4v) is 3.08. The van der Waals surface area contributed by atoms with Crippen molar-refractivity contribution in [3.8, 4) is 5.69 Å². The smallest absolute Gasteiger partial charge is 0.274 e. The molecule has 6 heteroatoms. The molecule has 144 valence electrons. The predicted molar refractivity (Wildman–Crippen MR) is 111 cm³/mol. The van der Waals surface area contributed by atoms with Crippen LogP contribution in [-0.2, 0) is 0 Å². The highest BCUT2D eigenvalue weighted by molar-refractivity contribution is 5.95. The number of carbonyl (C=O) groups is 1. The van der Waals surface area contributed by atoms with E-state index in [2.05, 4.69) is 44.3 Å². The molecular formula is C22H23FN4O. The van der Waals surface area contributed by atoms with Crippen molar-refractivity contribution in [2.45, 2.75) is 13.8 Å². The Balaban J connectivity index is 1.79. The topological polar surface area (TPSA) is 49.6 Å². The van der Waals surface area contributed by atoms with Crippen LogP contribution >= 0.6 is 0 Å². The first-order valence-electron chi connectivity index (χ1n) is 8.93. The lowest BCUT2D eigenvalue weighted by molar-refractivity contribution is 0.0951. The van der Waals surface area contributed by atoms with Crippen LogP contribution < -0.4 is 10.3 Å². The maximum absolute atomic E-state index is 13.7. The van der Waals surface area contributed by atoms with E-state index in [-0.39, 0.29) is 5.56 Å². The lowest BCUT2D eigenvalue weighted by Crippen LogP contribution is -2.18. The average molecular weight is 378 g/mol. The number of aromatic nitrogens is 1. The highest BCUT2D eigenvalue weighted by Crippen LogP contribution is 2.22. The fourth-order valence-electron chi connectivity index (χ4n) is 3.08. The van der Waals surface area contributed by atoms with E-state index in [0.29, 0.717) is 0 Å². The zero-order valence-corrected chi connectivity index (χ0v) is 16.4. The van der Waals surface area contributed by atoms with Crippen molar-refractivity contribution in [2.75, 3.05) is 19.0 Å². The van der Waals surface area contributed by atoms with Crippen molar-refractivity contribution in [1.82, 2.24) is 9.99 Å². The molecule has 1 aromatic heterocycles. The summed E-state index contributed by atoms with van der Waals surface area (Å²) in [5.41, 5.74) is 7.45. The minimum atomic E-state index is -0.581. The Bertz CT molecular complexity index is 1020. The molecule has 0 atom stereocenters. The minimum absolute atomic E-state index is 0.0360.